The lowest BCUT2D eigenvalue weighted by molar-refractivity contribution is 0.144. The Morgan fingerprint density at radius 1 is 1.32 bits per heavy atom. The normalized spacial score (nSPS) is 13.5. The van der Waals surface area contributed by atoms with Gasteiger partial charge in [-0.05, 0) is 24.9 Å². The first kappa shape index (κ1) is 15.5. The van der Waals surface area contributed by atoms with Gasteiger partial charge >= 0.3 is 0 Å². The molecule has 0 spiro atoms. The molecule has 3 heterocycles. The molecule has 0 fully saturated rings. The van der Waals surface area contributed by atoms with E-state index in [-0.39, 0.29) is 28.6 Å². The van der Waals surface area contributed by atoms with Crippen molar-refractivity contribution in [1.82, 2.24) is 15.0 Å². The minimum absolute atomic E-state index is 0.0134. The fourth-order valence-electron chi connectivity index (χ4n) is 2.28. The van der Waals surface area contributed by atoms with Crippen LogP contribution >= 0.6 is 23.2 Å². The number of anilines is 1. The van der Waals surface area contributed by atoms with Gasteiger partial charge in [0.2, 0.25) is 11.2 Å². The molecule has 9 heteroatoms. The summed E-state index contributed by atoms with van der Waals surface area (Å²) >= 11 is 11.7. The molecule has 22 heavy (non-hydrogen) atoms. The first-order valence-corrected chi connectivity index (χ1v) is 7.55. The Bertz CT molecular complexity index is 716. The summed E-state index contributed by atoms with van der Waals surface area (Å²) in [4.78, 5) is 13.8. The predicted octanol–water partition coefficient (Wildman–Crippen LogP) is 3.05. The van der Waals surface area contributed by atoms with Gasteiger partial charge in [-0.2, -0.15) is 9.97 Å². The third-order valence-electron chi connectivity index (χ3n) is 3.24. The highest BCUT2D eigenvalue weighted by Gasteiger charge is 2.27. The first-order chi connectivity index (χ1) is 10.6. The van der Waals surface area contributed by atoms with E-state index in [0.717, 1.165) is 6.42 Å². The highest BCUT2D eigenvalue weighted by Crippen LogP contribution is 2.38. The van der Waals surface area contributed by atoms with Gasteiger partial charge in [0.05, 0.1) is 0 Å². The van der Waals surface area contributed by atoms with Gasteiger partial charge in [-0.15, -0.1) is 0 Å². The van der Waals surface area contributed by atoms with Gasteiger partial charge in [0.25, 0.3) is 0 Å². The molecule has 0 bridgehead atoms. The van der Waals surface area contributed by atoms with Crippen molar-refractivity contribution in [3.05, 3.63) is 16.3 Å². The summed E-state index contributed by atoms with van der Waals surface area (Å²) in [6.07, 6.45) is 0.777. The second-order valence-corrected chi connectivity index (χ2v) is 5.35. The molecule has 6 nitrogen and oxygen atoms in total. The quantitative estimate of drug-likeness (QED) is 0.471. The lowest BCUT2D eigenvalue weighted by Crippen LogP contribution is -2.34. The molecule has 0 radical (unpaired) electrons. The SMILES string of the molecule is CCOCCCN1COc2nc(Cl)c(F)c3nc(Cl)nc1c23. The second kappa shape index (κ2) is 6.36. The van der Waals surface area contributed by atoms with Gasteiger partial charge < -0.3 is 14.4 Å². The van der Waals surface area contributed by atoms with Gasteiger partial charge in [-0.1, -0.05) is 11.6 Å². The number of ether oxygens (including phenoxy) is 2. The van der Waals surface area contributed by atoms with Crippen molar-refractivity contribution in [3.8, 4) is 5.88 Å². The molecule has 0 unspecified atom stereocenters. The first-order valence-electron chi connectivity index (χ1n) is 6.79. The van der Waals surface area contributed by atoms with E-state index in [1.54, 1.807) is 0 Å². The fourth-order valence-corrected chi connectivity index (χ4v) is 2.61. The second-order valence-electron chi connectivity index (χ2n) is 4.65. The monoisotopic (exact) mass is 346 g/mol. The topological polar surface area (TPSA) is 60.4 Å². The molecule has 0 saturated carbocycles. The van der Waals surface area contributed by atoms with E-state index < -0.39 is 5.82 Å². The Morgan fingerprint density at radius 3 is 2.91 bits per heavy atom. The highest BCUT2D eigenvalue weighted by atomic mass is 35.5. The van der Waals surface area contributed by atoms with Gasteiger partial charge in [0, 0.05) is 19.8 Å². The van der Waals surface area contributed by atoms with Crippen molar-refractivity contribution in [2.24, 2.45) is 0 Å². The van der Waals surface area contributed by atoms with Crippen molar-refractivity contribution in [2.45, 2.75) is 13.3 Å². The van der Waals surface area contributed by atoms with E-state index in [0.29, 0.717) is 31.0 Å². The van der Waals surface area contributed by atoms with Crippen molar-refractivity contribution in [2.75, 3.05) is 31.4 Å². The standard InChI is InChI=1S/C13H13Cl2FN4O2/c1-2-21-5-3-4-20-6-22-12-7-9(8(16)10(14)18-12)17-13(15)19-11(7)20/h2-6H2,1H3. The number of nitrogens with zero attached hydrogens (tertiary/aromatic N) is 4. The van der Waals surface area contributed by atoms with Crippen LogP contribution in [0, 0.1) is 5.82 Å². The van der Waals surface area contributed by atoms with E-state index in [4.69, 9.17) is 32.7 Å². The van der Waals surface area contributed by atoms with E-state index in [9.17, 15) is 4.39 Å². The zero-order chi connectivity index (χ0) is 15.7. The molecular weight excluding hydrogens is 334 g/mol. The highest BCUT2D eigenvalue weighted by molar-refractivity contribution is 6.31. The maximum atomic E-state index is 14.1. The van der Waals surface area contributed by atoms with Crippen LogP contribution in [-0.4, -0.2) is 41.4 Å². The molecule has 3 rings (SSSR count). The average molecular weight is 347 g/mol. The third kappa shape index (κ3) is 2.76. The van der Waals surface area contributed by atoms with E-state index in [2.05, 4.69) is 15.0 Å². The predicted molar refractivity (Wildman–Crippen MR) is 81.3 cm³/mol. The molecule has 0 N–H and O–H groups in total. The number of hydrogen-bond acceptors (Lipinski definition) is 6. The molecule has 118 valence electrons. The minimum atomic E-state index is -0.731. The van der Waals surface area contributed by atoms with Crippen molar-refractivity contribution < 1.29 is 13.9 Å². The minimum Gasteiger partial charge on any atom is -0.456 e. The maximum Gasteiger partial charge on any atom is 0.230 e. The summed E-state index contributed by atoms with van der Waals surface area (Å²) in [5.74, 6) is -0.0179. The number of halogens is 3. The van der Waals surface area contributed by atoms with Crippen molar-refractivity contribution in [3.63, 3.8) is 0 Å². The number of pyridine rings is 1. The van der Waals surface area contributed by atoms with Crippen LogP contribution in [-0.2, 0) is 4.74 Å². The average Bonchev–Trinajstić information content (AvgIpc) is 2.50. The van der Waals surface area contributed by atoms with Crippen LogP contribution in [0.5, 0.6) is 5.88 Å². The Labute approximate surface area is 136 Å². The van der Waals surface area contributed by atoms with Gasteiger partial charge in [-0.25, -0.2) is 9.37 Å². The molecule has 0 atom stereocenters. The van der Waals surface area contributed by atoms with Crippen LogP contribution in [0.25, 0.3) is 10.9 Å². The molecule has 0 amide bonds. The smallest absolute Gasteiger partial charge is 0.230 e. The lowest BCUT2D eigenvalue weighted by Gasteiger charge is -2.29. The molecule has 0 aliphatic carbocycles. The molecule has 1 aliphatic rings. The lowest BCUT2D eigenvalue weighted by atomic mass is 10.2. The van der Waals surface area contributed by atoms with Crippen LogP contribution < -0.4 is 9.64 Å². The summed E-state index contributed by atoms with van der Waals surface area (Å²) in [6, 6.07) is 0. The summed E-state index contributed by atoms with van der Waals surface area (Å²) in [5, 5.41) is 0.0355. The summed E-state index contributed by atoms with van der Waals surface area (Å²) in [5.41, 5.74) is 0.0134. The van der Waals surface area contributed by atoms with Gasteiger partial charge in [0.1, 0.15) is 16.7 Å². The van der Waals surface area contributed by atoms with Crippen LogP contribution in [0.3, 0.4) is 0 Å². The number of rotatable bonds is 5. The zero-order valence-electron chi connectivity index (χ0n) is 11.8. The largest absolute Gasteiger partial charge is 0.456 e. The Morgan fingerprint density at radius 2 is 2.14 bits per heavy atom. The Balaban J connectivity index is 2.01. The van der Waals surface area contributed by atoms with Gasteiger partial charge in [-0.3, -0.25) is 0 Å². The summed E-state index contributed by atoms with van der Waals surface area (Å²) in [6.45, 7) is 4.08. The van der Waals surface area contributed by atoms with Gasteiger partial charge in [0.15, 0.2) is 17.7 Å². The summed E-state index contributed by atoms with van der Waals surface area (Å²) < 4.78 is 25.0. The van der Waals surface area contributed by atoms with E-state index >= 15 is 0 Å². The molecule has 1 aliphatic heterocycles. The Kier molecular flexibility index (Phi) is 4.46. The van der Waals surface area contributed by atoms with E-state index in [1.807, 2.05) is 11.8 Å². The molecule has 0 aromatic carbocycles. The maximum absolute atomic E-state index is 14.1. The summed E-state index contributed by atoms with van der Waals surface area (Å²) in [7, 11) is 0. The Hall–Kier alpha value is -1.44. The zero-order valence-corrected chi connectivity index (χ0v) is 13.3. The number of aromatic nitrogens is 3. The molecule has 2 aromatic rings. The van der Waals surface area contributed by atoms with E-state index in [1.165, 1.54) is 0 Å². The molecule has 0 saturated heterocycles. The van der Waals surface area contributed by atoms with Crippen LogP contribution in [0.4, 0.5) is 10.2 Å². The van der Waals surface area contributed by atoms with Crippen LogP contribution in [0.2, 0.25) is 10.4 Å². The molecular formula is C13H13Cl2FN4O2. The van der Waals surface area contributed by atoms with Crippen LogP contribution in [0.1, 0.15) is 13.3 Å². The van der Waals surface area contributed by atoms with Crippen molar-refractivity contribution >= 4 is 39.9 Å². The van der Waals surface area contributed by atoms with Crippen molar-refractivity contribution in [1.29, 1.82) is 0 Å². The van der Waals surface area contributed by atoms with Crippen LogP contribution in [0.15, 0.2) is 0 Å². The number of hydrogen-bond donors (Lipinski definition) is 0. The molecule has 2 aromatic heterocycles. The third-order valence-corrected chi connectivity index (χ3v) is 3.66. The fraction of sp³-hybridized carbons (Fsp3) is 0.462.